The molecule has 0 spiro atoms. The molecule has 0 aliphatic heterocycles. The van der Waals surface area contributed by atoms with Crippen LogP contribution in [0.15, 0.2) is 12.4 Å². The van der Waals surface area contributed by atoms with E-state index in [1.54, 1.807) is 31.0 Å². The smallest absolute Gasteiger partial charge is 0.241 e. The van der Waals surface area contributed by atoms with Crippen molar-refractivity contribution in [1.82, 2.24) is 15.1 Å². The van der Waals surface area contributed by atoms with Gasteiger partial charge in [-0.05, 0) is 13.2 Å². The Morgan fingerprint density at radius 1 is 1.78 bits per heavy atom. The van der Waals surface area contributed by atoms with Crippen molar-refractivity contribution in [3.63, 3.8) is 0 Å². The monoisotopic (exact) mass is 272 g/mol. The maximum atomic E-state index is 11.8. The molecule has 0 aliphatic rings. The van der Waals surface area contributed by atoms with E-state index in [1.165, 1.54) is 11.8 Å². The lowest BCUT2D eigenvalue weighted by Crippen LogP contribution is -2.45. The summed E-state index contributed by atoms with van der Waals surface area (Å²) in [6, 6.07) is -0.760. The van der Waals surface area contributed by atoms with Gasteiger partial charge in [-0.15, -0.1) is 0 Å². The molecule has 0 fully saturated rings. The van der Waals surface area contributed by atoms with E-state index < -0.39 is 11.6 Å². The molecule has 18 heavy (non-hydrogen) atoms. The molecule has 4 N–H and O–H groups in total. The number of nitrogens with two attached hydrogens (primary N) is 1. The number of aliphatic hydroxyl groups is 1. The first-order chi connectivity index (χ1) is 8.35. The van der Waals surface area contributed by atoms with Crippen LogP contribution in [0, 0.1) is 0 Å². The molecular formula is C11H20N4O2S. The minimum atomic E-state index is -0.927. The van der Waals surface area contributed by atoms with Crippen LogP contribution in [0.25, 0.3) is 0 Å². The summed E-state index contributed by atoms with van der Waals surface area (Å²) in [5.41, 5.74) is 5.53. The normalized spacial score (nSPS) is 16.1. The highest BCUT2D eigenvalue weighted by Crippen LogP contribution is 2.11. The molecule has 1 aromatic rings. The molecule has 0 aliphatic carbocycles. The topological polar surface area (TPSA) is 93.2 Å². The number of hydrogen-bond donors (Lipinski definition) is 3. The molecule has 2 atom stereocenters. The molecule has 1 aromatic heterocycles. The van der Waals surface area contributed by atoms with E-state index in [0.717, 1.165) is 0 Å². The van der Waals surface area contributed by atoms with Gasteiger partial charge in [0.2, 0.25) is 5.91 Å². The van der Waals surface area contributed by atoms with Crippen LogP contribution in [0.5, 0.6) is 0 Å². The first-order valence-corrected chi connectivity index (χ1v) is 6.98. The van der Waals surface area contributed by atoms with E-state index in [1.807, 2.05) is 6.26 Å². The highest BCUT2D eigenvalue weighted by molar-refractivity contribution is 7.98. The summed E-state index contributed by atoms with van der Waals surface area (Å²) < 4.78 is 1.59. The molecule has 0 saturated heterocycles. The molecule has 0 aromatic carbocycles. The number of aromatic nitrogens is 2. The SMILES string of the molecule is CSCC(C)(O)CNC(=O)C(N)c1cnn(C)c1. The highest BCUT2D eigenvalue weighted by atomic mass is 32.2. The van der Waals surface area contributed by atoms with Crippen molar-refractivity contribution in [1.29, 1.82) is 0 Å². The fourth-order valence-electron chi connectivity index (χ4n) is 1.50. The summed E-state index contributed by atoms with van der Waals surface area (Å²) in [5, 5.41) is 16.5. The van der Waals surface area contributed by atoms with Crippen LogP contribution >= 0.6 is 11.8 Å². The molecule has 1 amide bonds. The quantitative estimate of drug-likeness (QED) is 0.658. The lowest BCUT2D eigenvalue weighted by atomic mass is 10.1. The van der Waals surface area contributed by atoms with Gasteiger partial charge in [0.25, 0.3) is 0 Å². The van der Waals surface area contributed by atoms with Crippen LogP contribution in [-0.2, 0) is 11.8 Å². The summed E-state index contributed by atoms with van der Waals surface area (Å²) in [4.78, 5) is 11.8. The molecule has 7 heteroatoms. The number of rotatable bonds is 6. The molecule has 0 radical (unpaired) electrons. The van der Waals surface area contributed by atoms with E-state index in [9.17, 15) is 9.90 Å². The van der Waals surface area contributed by atoms with E-state index in [2.05, 4.69) is 10.4 Å². The average Bonchev–Trinajstić information content (AvgIpc) is 2.72. The van der Waals surface area contributed by atoms with Crippen molar-refractivity contribution < 1.29 is 9.90 Å². The van der Waals surface area contributed by atoms with Gasteiger partial charge in [-0.25, -0.2) is 0 Å². The van der Waals surface area contributed by atoms with E-state index >= 15 is 0 Å². The van der Waals surface area contributed by atoms with Crippen LogP contribution in [0.2, 0.25) is 0 Å². The molecule has 0 bridgehead atoms. The summed E-state index contributed by atoms with van der Waals surface area (Å²) in [6.07, 6.45) is 5.16. The lowest BCUT2D eigenvalue weighted by Gasteiger charge is -2.23. The molecule has 1 heterocycles. The fraction of sp³-hybridized carbons (Fsp3) is 0.636. The number of thioether (sulfide) groups is 1. The van der Waals surface area contributed by atoms with Gasteiger partial charge in [-0.3, -0.25) is 9.48 Å². The number of aryl methyl sites for hydroxylation is 1. The third-order valence-corrected chi connectivity index (χ3v) is 3.38. The summed E-state index contributed by atoms with van der Waals surface area (Å²) >= 11 is 1.52. The zero-order valence-electron chi connectivity index (χ0n) is 10.9. The Kier molecular flexibility index (Phi) is 5.18. The minimum Gasteiger partial charge on any atom is -0.387 e. The molecule has 102 valence electrons. The fourth-order valence-corrected chi connectivity index (χ4v) is 2.23. The van der Waals surface area contributed by atoms with Gasteiger partial charge in [0, 0.05) is 31.1 Å². The third-order valence-electron chi connectivity index (χ3n) is 2.47. The maximum Gasteiger partial charge on any atom is 0.241 e. The Morgan fingerprint density at radius 3 is 2.94 bits per heavy atom. The van der Waals surface area contributed by atoms with Crippen LogP contribution in [0.4, 0.5) is 0 Å². The second-order valence-electron chi connectivity index (χ2n) is 4.57. The number of amides is 1. The predicted octanol–water partition coefficient (Wildman–Crippen LogP) is -0.350. The maximum absolute atomic E-state index is 11.8. The molecular weight excluding hydrogens is 252 g/mol. The van der Waals surface area contributed by atoms with Gasteiger partial charge in [0.1, 0.15) is 6.04 Å². The Hall–Kier alpha value is -1.05. The summed E-state index contributed by atoms with van der Waals surface area (Å²) in [6.45, 7) is 1.86. The Morgan fingerprint density at radius 2 is 2.44 bits per heavy atom. The van der Waals surface area contributed by atoms with Crippen LogP contribution in [0.1, 0.15) is 18.5 Å². The van der Waals surface area contributed by atoms with Gasteiger partial charge in [0.05, 0.1) is 11.8 Å². The zero-order valence-corrected chi connectivity index (χ0v) is 11.7. The Bertz CT molecular complexity index is 406. The summed E-state index contributed by atoms with van der Waals surface area (Å²) in [5.74, 6) is 0.236. The van der Waals surface area contributed by atoms with Crippen molar-refractivity contribution >= 4 is 17.7 Å². The second-order valence-corrected chi connectivity index (χ2v) is 5.44. The van der Waals surface area contributed by atoms with E-state index in [0.29, 0.717) is 11.3 Å². The van der Waals surface area contributed by atoms with Gasteiger partial charge >= 0.3 is 0 Å². The Labute approximate surface area is 111 Å². The third kappa shape index (κ3) is 4.32. The van der Waals surface area contributed by atoms with Crippen LogP contribution in [0.3, 0.4) is 0 Å². The van der Waals surface area contributed by atoms with Crippen molar-refractivity contribution in [2.75, 3.05) is 18.6 Å². The lowest BCUT2D eigenvalue weighted by molar-refractivity contribution is -0.123. The number of nitrogens with zero attached hydrogens (tertiary/aromatic N) is 2. The van der Waals surface area contributed by atoms with E-state index in [-0.39, 0.29) is 12.5 Å². The number of carbonyl (C=O) groups excluding carboxylic acids is 1. The standard InChI is InChI=1S/C11H20N4O2S/c1-11(17,7-18-3)6-13-10(16)9(12)8-4-14-15(2)5-8/h4-5,9,17H,6-7,12H2,1-3H3,(H,13,16). The zero-order chi connectivity index (χ0) is 13.8. The molecule has 2 unspecified atom stereocenters. The average molecular weight is 272 g/mol. The van der Waals surface area contributed by atoms with Gasteiger partial charge in [-0.2, -0.15) is 16.9 Å². The first-order valence-electron chi connectivity index (χ1n) is 5.59. The van der Waals surface area contributed by atoms with E-state index in [4.69, 9.17) is 5.73 Å². The highest BCUT2D eigenvalue weighted by Gasteiger charge is 2.23. The van der Waals surface area contributed by atoms with Crippen molar-refractivity contribution in [3.05, 3.63) is 18.0 Å². The van der Waals surface area contributed by atoms with Crippen LogP contribution < -0.4 is 11.1 Å². The summed E-state index contributed by atoms with van der Waals surface area (Å²) in [7, 11) is 1.76. The predicted molar refractivity (Wildman–Crippen MR) is 72.2 cm³/mol. The number of nitrogens with one attached hydrogen (secondary N) is 1. The molecule has 1 rings (SSSR count). The second kappa shape index (κ2) is 6.21. The molecule has 0 saturated carbocycles. The van der Waals surface area contributed by atoms with Crippen molar-refractivity contribution in [2.24, 2.45) is 12.8 Å². The largest absolute Gasteiger partial charge is 0.387 e. The van der Waals surface area contributed by atoms with Gasteiger partial charge in [-0.1, -0.05) is 0 Å². The Balaban J connectivity index is 2.51. The first kappa shape index (κ1) is 15.0. The molecule has 6 nitrogen and oxygen atoms in total. The van der Waals surface area contributed by atoms with Gasteiger partial charge < -0.3 is 16.2 Å². The van der Waals surface area contributed by atoms with Gasteiger partial charge in [0.15, 0.2) is 0 Å². The number of hydrogen-bond acceptors (Lipinski definition) is 5. The van der Waals surface area contributed by atoms with Crippen molar-refractivity contribution in [2.45, 2.75) is 18.6 Å². The van der Waals surface area contributed by atoms with Crippen molar-refractivity contribution in [3.8, 4) is 0 Å². The number of carbonyl (C=O) groups is 1. The minimum absolute atomic E-state index is 0.181. The van der Waals surface area contributed by atoms with Crippen LogP contribution in [-0.4, -0.2) is 44.9 Å².